The molecule has 0 aliphatic heterocycles. The molecule has 7 atom stereocenters. The second kappa shape index (κ2) is 15.7. The largest absolute Gasteiger partial charge is 0.393 e. The van der Waals surface area contributed by atoms with Crippen molar-refractivity contribution in [3.63, 3.8) is 0 Å². The van der Waals surface area contributed by atoms with Gasteiger partial charge in [0.1, 0.15) is 5.78 Å². The van der Waals surface area contributed by atoms with Crippen LogP contribution in [-0.4, -0.2) is 39.4 Å². The summed E-state index contributed by atoms with van der Waals surface area (Å²) in [6, 6.07) is 0. The summed E-state index contributed by atoms with van der Waals surface area (Å²) < 4.78 is 0. The Morgan fingerprint density at radius 1 is 1.02 bits per heavy atom. The smallest absolute Gasteiger partial charge is 0.139 e. The standard InChI is InChI=1S/C39H62O4/c1-5-6-7-8-9-10-11-14-37(43)39(24-25-39)23-21-32(40)18-15-28(2)34-19-20-35-30(13-12-22-38(34,35)4)16-17-31-26-33(41)27-36(42)29(31)3/h15-18,28,32-36,40-42H,3,5-14,19-27H2,1-2,4H3/b18-15+,30-16+,31-17-/t28-,32-,33-,34-,35+,36+,38-/m1/s1. The van der Waals surface area contributed by atoms with Gasteiger partial charge in [-0.05, 0) is 105 Å². The van der Waals surface area contributed by atoms with E-state index < -0.39 is 18.3 Å². The number of Topliss-reactive ketones (excluding diaryl/α,β-unsaturated/α-hetero) is 1. The number of aliphatic hydroxyl groups is 3. The van der Waals surface area contributed by atoms with E-state index in [1.54, 1.807) is 0 Å². The van der Waals surface area contributed by atoms with Crippen molar-refractivity contribution in [2.24, 2.45) is 28.6 Å². The van der Waals surface area contributed by atoms with Gasteiger partial charge in [-0.25, -0.2) is 0 Å². The van der Waals surface area contributed by atoms with Gasteiger partial charge in [0.25, 0.3) is 0 Å². The zero-order valence-corrected chi connectivity index (χ0v) is 27.7. The molecule has 4 rings (SSSR count). The molecule has 0 aromatic carbocycles. The molecule has 4 fully saturated rings. The first-order chi connectivity index (χ1) is 20.6. The Hall–Kier alpha value is -1.49. The van der Waals surface area contributed by atoms with Gasteiger partial charge in [-0.2, -0.15) is 0 Å². The highest BCUT2D eigenvalue weighted by atomic mass is 16.3. The summed E-state index contributed by atoms with van der Waals surface area (Å²) in [6.07, 6.45) is 26.9. The van der Waals surface area contributed by atoms with Gasteiger partial charge < -0.3 is 15.3 Å². The van der Waals surface area contributed by atoms with E-state index in [4.69, 9.17) is 0 Å². The van der Waals surface area contributed by atoms with Gasteiger partial charge >= 0.3 is 0 Å². The van der Waals surface area contributed by atoms with E-state index in [1.807, 2.05) is 6.08 Å². The Kier molecular flexibility index (Phi) is 12.5. The predicted octanol–water partition coefficient (Wildman–Crippen LogP) is 8.95. The summed E-state index contributed by atoms with van der Waals surface area (Å²) in [7, 11) is 0. The van der Waals surface area contributed by atoms with Crippen LogP contribution < -0.4 is 0 Å². The summed E-state index contributed by atoms with van der Waals surface area (Å²) in [5.74, 6) is 2.00. The molecular formula is C39H62O4. The first-order valence-corrected chi connectivity index (χ1v) is 17.9. The predicted molar refractivity (Wildman–Crippen MR) is 178 cm³/mol. The lowest BCUT2D eigenvalue weighted by atomic mass is 9.61. The van der Waals surface area contributed by atoms with Crippen molar-refractivity contribution in [2.75, 3.05) is 0 Å². The molecule has 0 heterocycles. The van der Waals surface area contributed by atoms with Crippen LogP contribution in [0.15, 0.2) is 47.6 Å². The maximum absolute atomic E-state index is 13.0. The molecule has 0 bridgehead atoms. The minimum Gasteiger partial charge on any atom is -0.393 e. The fourth-order valence-electron chi connectivity index (χ4n) is 8.89. The lowest BCUT2D eigenvalue weighted by molar-refractivity contribution is -0.124. The second-order valence-electron chi connectivity index (χ2n) is 15.1. The number of hydrogen-bond donors (Lipinski definition) is 3. The molecule has 0 aromatic rings. The normalized spacial score (nSPS) is 33.7. The molecule has 0 unspecified atom stereocenters. The van der Waals surface area contributed by atoms with Crippen LogP contribution in [0.4, 0.5) is 0 Å². The first kappa shape index (κ1) is 34.4. The molecule has 4 heteroatoms. The molecular weight excluding hydrogens is 532 g/mol. The number of ketones is 1. The van der Waals surface area contributed by atoms with Gasteiger partial charge in [0.2, 0.25) is 0 Å². The molecule has 4 aliphatic carbocycles. The molecule has 242 valence electrons. The van der Waals surface area contributed by atoms with Crippen molar-refractivity contribution in [3.8, 4) is 0 Å². The highest BCUT2D eigenvalue weighted by Crippen LogP contribution is 2.59. The van der Waals surface area contributed by atoms with Crippen LogP contribution in [0.25, 0.3) is 0 Å². The van der Waals surface area contributed by atoms with Gasteiger partial charge in [0, 0.05) is 18.3 Å². The quantitative estimate of drug-likeness (QED) is 0.123. The van der Waals surface area contributed by atoms with Crippen molar-refractivity contribution in [3.05, 3.63) is 47.6 Å². The number of carbonyl (C=O) groups is 1. The lowest BCUT2D eigenvalue weighted by Gasteiger charge is -2.44. The Bertz CT molecular complexity index is 1030. The zero-order chi connectivity index (χ0) is 31.0. The van der Waals surface area contributed by atoms with Crippen molar-refractivity contribution in [2.45, 2.75) is 161 Å². The number of allylic oxidation sites excluding steroid dienone is 4. The van der Waals surface area contributed by atoms with Crippen molar-refractivity contribution < 1.29 is 20.1 Å². The molecule has 4 saturated carbocycles. The van der Waals surface area contributed by atoms with Crippen LogP contribution >= 0.6 is 0 Å². The Balaban J connectivity index is 1.25. The highest BCUT2D eigenvalue weighted by Gasteiger charge is 2.50. The number of unbranched alkanes of at least 4 members (excludes halogenated alkanes) is 6. The summed E-state index contributed by atoms with van der Waals surface area (Å²) in [5, 5.41) is 31.3. The number of aliphatic hydroxyl groups excluding tert-OH is 3. The molecule has 0 aromatic heterocycles. The average molecular weight is 595 g/mol. The maximum Gasteiger partial charge on any atom is 0.139 e. The van der Waals surface area contributed by atoms with Crippen LogP contribution in [0, 0.1) is 28.6 Å². The first-order valence-electron chi connectivity index (χ1n) is 17.9. The topological polar surface area (TPSA) is 77.8 Å². The van der Waals surface area contributed by atoms with E-state index in [0.717, 1.165) is 49.7 Å². The van der Waals surface area contributed by atoms with E-state index in [2.05, 4.69) is 45.6 Å². The fraction of sp³-hybridized carbons (Fsp3) is 0.769. The third-order valence-corrected chi connectivity index (χ3v) is 11.9. The number of rotatable bonds is 16. The van der Waals surface area contributed by atoms with Crippen LogP contribution in [-0.2, 0) is 4.79 Å². The summed E-state index contributed by atoms with van der Waals surface area (Å²) >= 11 is 0. The molecule has 0 saturated heterocycles. The van der Waals surface area contributed by atoms with E-state index in [9.17, 15) is 20.1 Å². The van der Waals surface area contributed by atoms with Crippen molar-refractivity contribution in [1.82, 2.24) is 0 Å². The molecule has 0 spiro atoms. The monoisotopic (exact) mass is 594 g/mol. The van der Waals surface area contributed by atoms with Gasteiger partial charge in [0.15, 0.2) is 0 Å². The van der Waals surface area contributed by atoms with E-state index in [-0.39, 0.29) is 10.8 Å². The summed E-state index contributed by atoms with van der Waals surface area (Å²) in [5.41, 5.74) is 3.37. The van der Waals surface area contributed by atoms with Crippen LogP contribution in [0.3, 0.4) is 0 Å². The van der Waals surface area contributed by atoms with E-state index >= 15 is 0 Å². The van der Waals surface area contributed by atoms with Gasteiger partial charge in [-0.3, -0.25) is 4.79 Å². The molecule has 4 nitrogen and oxygen atoms in total. The highest BCUT2D eigenvalue weighted by molar-refractivity contribution is 5.87. The van der Waals surface area contributed by atoms with Gasteiger partial charge in [-0.15, -0.1) is 0 Å². The maximum atomic E-state index is 13.0. The fourth-order valence-corrected chi connectivity index (χ4v) is 8.89. The minimum atomic E-state index is -0.644. The minimum absolute atomic E-state index is 0.130. The molecule has 3 N–H and O–H groups in total. The zero-order valence-electron chi connectivity index (χ0n) is 27.7. The van der Waals surface area contributed by atoms with Gasteiger partial charge in [0.05, 0.1) is 18.3 Å². The van der Waals surface area contributed by atoms with Crippen molar-refractivity contribution in [1.29, 1.82) is 0 Å². The third kappa shape index (κ3) is 8.82. The number of hydrogen-bond acceptors (Lipinski definition) is 4. The van der Waals surface area contributed by atoms with Crippen LogP contribution in [0.2, 0.25) is 0 Å². The van der Waals surface area contributed by atoms with Crippen LogP contribution in [0.1, 0.15) is 143 Å². The Morgan fingerprint density at radius 3 is 2.47 bits per heavy atom. The SMILES string of the molecule is C=C1/C(=C\C=C2/CCC[C@]3(C)[C@@H]([C@H](C)/C=C/[C@@H](O)CCC4(C(=O)CCCCCCCCC)CC4)CC[C@@H]23)C[C@@H](O)C[C@@H]1O. The van der Waals surface area contributed by atoms with Crippen molar-refractivity contribution >= 4 is 5.78 Å². The van der Waals surface area contributed by atoms with E-state index in [0.29, 0.717) is 42.8 Å². The molecule has 0 amide bonds. The van der Waals surface area contributed by atoms with Gasteiger partial charge in [-0.1, -0.05) is 95.8 Å². The second-order valence-corrected chi connectivity index (χ2v) is 15.1. The summed E-state index contributed by atoms with van der Waals surface area (Å²) in [6.45, 7) is 11.1. The number of carbonyl (C=O) groups excluding carboxylic acids is 1. The Labute approximate surface area is 262 Å². The molecule has 4 aliphatic rings. The van der Waals surface area contributed by atoms with Crippen LogP contribution in [0.5, 0.6) is 0 Å². The Morgan fingerprint density at radius 2 is 1.74 bits per heavy atom. The molecule has 43 heavy (non-hydrogen) atoms. The van der Waals surface area contributed by atoms with E-state index in [1.165, 1.54) is 69.8 Å². The summed E-state index contributed by atoms with van der Waals surface area (Å²) in [4.78, 5) is 13.0. The lowest BCUT2D eigenvalue weighted by Crippen LogP contribution is -2.35. The third-order valence-electron chi connectivity index (χ3n) is 11.9. The molecule has 0 radical (unpaired) electrons. The average Bonchev–Trinajstić information content (AvgIpc) is 3.69. The number of fused-ring (bicyclic) bond motifs is 1.